The number of fused-ring (bicyclic) bond motifs is 1. The summed E-state index contributed by atoms with van der Waals surface area (Å²) >= 11 is 6.10. The molecule has 1 aliphatic rings. The predicted octanol–water partition coefficient (Wildman–Crippen LogP) is 3.48. The monoisotopic (exact) mass is 379 g/mol. The summed E-state index contributed by atoms with van der Waals surface area (Å²) in [6.07, 6.45) is 1.58. The minimum atomic E-state index is 0.0195. The molecular weight excluding hydrogens is 354 g/mol. The Morgan fingerprint density at radius 1 is 1.42 bits per heavy atom. The molecular formula is C19H26ClN3O3. The Kier molecular flexibility index (Phi) is 6.04. The molecule has 0 saturated carbocycles. The van der Waals surface area contributed by atoms with Crippen LogP contribution in [0, 0.1) is 11.8 Å². The van der Waals surface area contributed by atoms with E-state index in [0.717, 1.165) is 42.7 Å². The van der Waals surface area contributed by atoms with Crippen LogP contribution in [0.25, 0.3) is 11.0 Å². The van der Waals surface area contributed by atoms with Crippen LogP contribution in [0.1, 0.15) is 26.7 Å². The minimum Gasteiger partial charge on any atom is -0.383 e. The first-order valence-corrected chi connectivity index (χ1v) is 9.46. The summed E-state index contributed by atoms with van der Waals surface area (Å²) in [7, 11) is 1.66. The van der Waals surface area contributed by atoms with Gasteiger partial charge in [-0.2, -0.15) is 0 Å². The number of hydrogen-bond acceptors (Lipinski definition) is 5. The number of rotatable bonds is 6. The molecule has 1 aromatic carbocycles. The molecule has 6 nitrogen and oxygen atoms in total. The molecule has 1 atom stereocenters. The highest BCUT2D eigenvalue weighted by Gasteiger charge is 2.29. The summed E-state index contributed by atoms with van der Waals surface area (Å²) in [6.45, 7) is 6.25. The number of amides is 1. The average Bonchev–Trinajstić information content (AvgIpc) is 3.04. The average molecular weight is 380 g/mol. The number of benzene rings is 1. The Hall–Kier alpha value is -1.79. The maximum Gasteiger partial charge on any atom is 0.223 e. The van der Waals surface area contributed by atoms with Crippen molar-refractivity contribution in [1.29, 1.82) is 0 Å². The fourth-order valence-electron chi connectivity index (χ4n) is 3.36. The third kappa shape index (κ3) is 4.13. The molecule has 26 heavy (non-hydrogen) atoms. The Bertz CT molecular complexity index is 754. The van der Waals surface area contributed by atoms with Gasteiger partial charge in [0.05, 0.1) is 18.0 Å². The van der Waals surface area contributed by atoms with Crippen LogP contribution in [0.3, 0.4) is 0 Å². The van der Waals surface area contributed by atoms with Crippen molar-refractivity contribution in [2.75, 3.05) is 31.7 Å². The largest absolute Gasteiger partial charge is 0.383 e. The zero-order chi connectivity index (χ0) is 18.7. The fraction of sp³-hybridized carbons (Fsp3) is 0.579. The fourth-order valence-corrected chi connectivity index (χ4v) is 3.53. The van der Waals surface area contributed by atoms with Crippen molar-refractivity contribution in [3.8, 4) is 0 Å². The van der Waals surface area contributed by atoms with Crippen LogP contribution >= 0.6 is 11.6 Å². The van der Waals surface area contributed by atoms with Gasteiger partial charge in [-0.3, -0.25) is 4.79 Å². The van der Waals surface area contributed by atoms with Crippen LogP contribution in [0.5, 0.6) is 0 Å². The number of aromatic nitrogens is 1. The highest BCUT2D eigenvalue weighted by Crippen LogP contribution is 2.31. The maximum atomic E-state index is 12.6. The summed E-state index contributed by atoms with van der Waals surface area (Å²) in [4.78, 5) is 14.8. The van der Waals surface area contributed by atoms with Gasteiger partial charge in [-0.05, 0) is 37.0 Å². The van der Waals surface area contributed by atoms with Gasteiger partial charge in [-0.25, -0.2) is 0 Å². The number of ether oxygens (including phenoxy) is 1. The molecule has 2 heterocycles. The van der Waals surface area contributed by atoms with Crippen molar-refractivity contribution in [3.05, 3.63) is 23.2 Å². The van der Waals surface area contributed by atoms with Crippen molar-refractivity contribution in [3.63, 3.8) is 0 Å². The number of hydrogen-bond donors (Lipinski definition) is 1. The number of piperidine rings is 1. The number of anilines is 1. The van der Waals surface area contributed by atoms with E-state index < -0.39 is 0 Å². The lowest BCUT2D eigenvalue weighted by Gasteiger charge is -2.32. The lowest BCUT2D eigenvalue weighted by Crippen LogP contribution is -2.47. The van der Waals surface area contributed by atoms with E-state index in [1.165, 1.54) is 0 Å². The lowest BCUT2D eigenvalue weighted by atomic mass is 9.94. The molecule has 0 aliphatic carbocycles. The molecule has 1 aromatic heterocycles. The van der Waals surface area contributed by atoms with Crippen molar-refractivity contribution < 1.29 is 14.1 Å². The molecule has 1 N–H and O–H groups in total. The molecule has 1 unspecified atom stereocenters. The molecule has 1 amide bonds. The topological polar surface area (TPSA) is 67.6 Å². The summed E-state index contributed by atoms with van der Waals surface area (Å²) in [5.41, 5.74) is 0.726. The first-order valence-electron chi connectivity index (χ1n) is 9.08. The highest BCUT2D eigenvalue weighted by atomic mass is 35.5. The van der Waals surface area contributed by atoms with Gasteiger partial charge in [-0.15, -0.1) is 0 Å². The number of methoxy groups -OCH3 is 1. The Labute approximate surface area is 158 Å². The van der Waals surface area contributed by atoms with E-state index in [4.69, 9.17) is 20.9 Å². The van der Waals surface area contributed by atoms with E-state index in [2.05, 4.69) is 29.2 Å². The summed E-state index contributed by atoms with van der Waals surface area (Å²) in [5, 5.41) is 8.92. The van der Waals surface area contributed by atoms with E-state index in [0.29, 0.717) is 17.5 Å². The molecule has 0 radical (unpaired) electrons. The van der Waals surface area contributed by atoms with Gasteiger partial charge in [0, 0.05) is 31.1 Å². The van der Waals surface area contributed by atoms with E-state index in [1.54, 1.807) is 13.2 Å². The van der Waals surface area contributed by atoms with Crippen LogP contribution in [0.4, 0.5) is 5.82 Å². The lowest BCUT2D eigenvalue weighted by molar-refractivity contribution is -0.127. The number of nitrogens with zero attached hydrogens (tertiary/aromatic N) is 2. The summed E-state index contributed by atoms with van der Waals surface area (Å²) < 4.78 is 10.6. The Morgan fingerprint density at radius 3 is 2.81 bits per heavy atom. The highest BCUT2D eigenvalue weighted by molar-refractivity contribution is 6.31. The summed E-state index contributed by atoms with van der Waals surface area (Å²) in [5.74, 6) is 1.28. The molecule has 1 saturated heterocycles. The first kappa shape index (κ1) is 19.0. The minimum absolute atomic E-state index is 0.0195. The van der Waals surface area contributed by atoms with Gasteiger partial charge in [0.2, 0.25) is 5.91 Å². The Morgan fingerprint density at radius 2 is 2.15 bits per heavy atom. The molecule has 3 rings (SSSR count). The van der Waals surface area contributed by atoms with Gasteiger partial charge in [0.25, 0.3) is 0 Å². The summed E-state index contributed by atoms with van der Waals surface area (Å²) in [6, 6.07) is 5.54. The van der Waals surface area contributed by atoms with Gasteiger partial charge in [0.15, 0.2) is 11.4 Å². The molecule has 2 aromatic rings. The first-order chi connectivity index (χ1) is 12.5. The van der Waals surface area contributed by atoms with E-state index >= 15 is 0 Å². The number of nitrogens with one attached hydrogen (secondary N) is 1. The van der Waals surface area contributed by atoms with Gasteiger partial charge < -0.3 is 19.5 Å². The number of carbonyl (C=O) groups is 1. The third-order valence-electron chi connectivity index (χ3n) is 5.06. The molecule has 1 aliphatic heterocycles. The standard InChI is InChI=1S/C19H26ClN3O3/c1-12(2)16(11-25-3)21-19(24)13-6-8-23(9-7-13)18-15-10-14(20)4-5-17(15)26-22-18/h4-5,10,12-13,16H,6-9,11H2,1-3H3,(H,21,24). The number of carbonyl (C=O) groups excluding carboxylic acids is 1. The quantitative estimate of drug-likeness (QED) is 0.832. The second-order valence-corrected chi connectivity index (χ2v) is 7.66. The van der Waals surface area contributed by atoms with E-state index in [9.17, 15) is 4.79 Å². The van der Waals surface area contributed by atoms with Crippen LogP contribution in [0.2, 0.25) is 5.02 Å². The van der Waals surface area contributed by atoms with Crippen molar-refractivity contribution in [2.24, 2.45) is 11.8 Å². The molecule has 1 fully saturated rings. The van der Waals surface area contributed by atoms with Gasteiger partial charge in [-0.1, -0.05) is 30.6 Å². The van der Waals surface area contributed by atoms with Gasteiger partial charge in [0.1, 0.15) is 0 Å². The molecule has 142 valence electrons. The van der Waals surface area contributed by atoms with Crippen molar-refractivity contribution in [1.82, 2.24) is 10.5 Å². The molecule has 7 heteroatoms. The second kappa shape index (κ2) is 8.27. The van der Waals surface area contributed by atoms with Crippen LogP contribution < -0.4 is 10.2 Å². The second-order valence-electron chi connectivity index (χ2n) is 7.22. The number of halogens is 1. The van der Waals surface area contributed by atoms with E-state index in [-0.39, 0.29) is 17.9 Å². The zero-order valence-corrected chi connectivity index (χ0v) is 16.3. The normalized spacial score (nSPS) is 17.0. The predicted molar refractivity (Wildman–Crippen MR) is 103 cm³/mol. The van der Waals surface area contributed by atoms with Crippen molar-refractivity contribution in [2.45, 2.75) is 32.7 Å². The molecule has 0 bridgehead atoms. The van der Waals surface area contributed by atoms with Crippen LogP contribution in [-0.4, -0.2) is 43.9 Å². The maximum absolute atomic E-state index is 12.6. The Balaban J connectivity index is 1.61. The van der Waals surface area contributed by atoms with Gasteiger partial charge >= 0.3 is 0 Å². The third-order valence-corrected chi connectivity index (χ3v) is 5.29. The van der Waals surface area contributed by atoms with Crippen LogP contribution in [-0.2, 0) is 9.53 Å². The van der Waals surface area contributed by atoms with Crippen LogP contribution in [0.15, 0.2) is 22.7 Å². The zero-order valence-electron chi connectivity index (χ0n) is 15.5. The van der Waals surface area contributed by atoms with Crippen molar-refractivity contribution >= 4 is 34.3 Å². The molecule has 0 spiro atoms. The SMILES string of the molecule is COCC(NC(=O)C1CCN(c2noc3ccc(Cl)cc23)CC1)C(C)C. The van der Waals surface area contributed by atoms with E-state index in [1.807, 2.05) is 12.1 Å². The smallest absolute Gasteiger partial charge is 0.223 e.